The van der Waals surface area contributed by atoms with Gasteiger partial charge in [-0.3, -0.25) is 4.90 Å². The predicted molar refractivity (Wildman–Crippen MR) is 112 cm³/mol. The second-order valence-corrected chi connectivity index (χ2v) is 8.10. The van der Waals surface area contributed by atoms with Gasteiger partial charge in [-0.2, -0.15) is 4.99 Å². The molecule has 9 heteroatoms. The largest absolute Gasteiger partial charge is 0.461 e. The third-order valence-electron chi connectivity index (χ3n) is 6.06. The molecule has 156 valence electrons. The number of nitrogens with zero attached hydrogens (tertiary/aromatic N) is 6. The van der Waals surface area contributed by atoms with E-state index in [9.17, 15) is 0 Å². The quantitative estimate of drug-likeness (QED) is 0.584. The number of fused-ring (bicyclic) bond motifs is 1. The Morgan fingerprint density at radius 3 is 3.00 bits per heavy atom. The first-order valence-corrected chi connectivity index (χ1v) is 10.3. The minimum Gasteiger partial charge on any atom is -0.461 e. The van der Waals surface area contributed by atoms with Gasteiger partial charge in [0.1, 0.15) is 12.0 Å². The van der Waals surface area contributed by atoms with E-state index in [2.05, 4.69) is 25.1 Å². The molecule has 3 aliphatic heterocycles. The predicted octanol–water partition coefficient (Wildman–Crippen LogP) is 3.02. The summed E-state index contributed by atoms with van der Waals surface area (Å²) in [5, 5.41) is 8.63. The molecule has 1 saturated heterocycles. The zero-order valence-corrected chi connectivity index (χ0v) is 17.3. The number of aromatic nitrogens is 1. The molecule has 0 radical (unpaired) electrons. The van der Waals surface area contributed by atoms with E-state index < -0.39 is 0 Å². The van der Waals surface area contributed by atoms with Crippen LogP contribution in [0.3, 0.4) is 0 Å². The van der Waals surface area contributed by atoms with Gasteiger partial charge < -0.3 is 8.94 Å². The van der Waals surface area contributed by atoms with Crippen LogP contribution in [0.15, 0.2) is 54.3 Å². The number of hydrogen-bond acceptors (Lipinski definition) is 8. The second kappa shape index (κ2) is 7.42. The van der Waals surface area contributed by atoms with E-state index in [1.54, 1.807) is 12.5 Å². The first-order chi connectivity index (χ1) is 14.5. The molecule has 2 aromatic heterocycles. The summed E-state index contributed by atoms with van der Waals surface area (Å²) < 4.78 is 10.5. The second-order valence-electron chi connectivity index (χ2n) is 8.10. The normalized spacial score (nSPS) is 26.0. The smallest absolute Gasteiger partial charge is 0.300 e. The monoisotopic (exact) mass is 408 g/mol. The lowest BCUT2D eigenvalue weighted by Crippen LogP contribution is -2.50. The molecule has 5 heterocycles. The Kier molecular flexibility index (Phi) is 4.73. The topological polar surface area (TPSA) is 106 Å². The highest BCUT2D eigenvalue weighted by atomic mass is 16.5. The molecule has 1 unspecified atom stereocenters. The highest BCUT2D eigenvalue weighted by molar-refractivity contribution is 6.31. The maximum Gasteiger partial charge on any atom is 0.300 e. The molecular weight excluding hydrogens is 382 g/mol. The van der Waals surface area contributed by atoms with Gasteiger partial charge in [0.05, 0.1) is 17.7 Å². The number of amidine groups is 2. The summed E-state index contributed by atoms with van der Waals surface area (Å²) in [7, 11) is 0. The summed E-state index contributed by atoms with van der Waals surface area (Å²) in [4.78, 5) is 11.6. The average molecular weight is 408 g/mol. The Morgan fingerprint density at radius 1 is 1.33 bits per heavy atom. The molecule has 3 aliphatic rings. The van der Waals surface area contributed by atoms with Crippen molar-refractivity contribution in [3.63, 3.8) is 0 Å². The van der Waals surface area contributed by atoms with Crippen molar-refractivity contribution in [2.24, 2.45) is 20.9 Å². The molecule has 30 heavy (non-hydrogen) atoms. The standard InChI is InChI=1S/C21H26N7O2/c1-14-18(15(2)30-26-14)12-27-9-3-5-17(27)8-7-16-13-28(22)20(11-23-16)24-21(25-28)19-6-4-10-29-19/h4,6,10-11,13,17H,3,5,7-9,12,22H2,1-2H3/q+1/t17?,28-/m1/s1. The number of nitrogens with two attached hydrogens (primary N) is 1. The Bertz CT molecular complexity index is 1040. The summed E-state index contributed by atoms with van der Waals surface area (Å²) in [6.07, 6.45) is 9.45. The van der Waals surface area contributed by atoms with Crippen LogP contribution in [0.4, 0.5) is 0 Å². The third kappa shape index (κ3) is 3.45. The lowest BCUT2D eigenvalue weighted by Gasteiger charge is -2.25. The Hall–Kier alpha value is -2.88. The highest BCUT2D eigenvalue weighted by Gasteiger charge is 2.40. The van der Waals surface area contributed by atoms with Gasteiger partial charge in [-0.25, -0.2) is 4.99 Å². The Balaban J connectivity index is 1.26. The lowest BCUT2D eigenvalue weighted by molar-refractivity contribution is -0.803. The van der Waals surface area contributed by atoms with E-state index in [0.717, 1.165) is 43.1 Å². The van der Waals surface area contributed by atoms with Crippen LogP contribution >= 0.6 is 0 Å². The lowest BCUT2D eigenvalue weighted by atomic mass is 10.1. The molecule has 0 aliphatic carbocycles. The minimum atomic E-state index is -0.206. The zero-order chi connectivity index (χ0) is 20.7. The van der Waals surface area contributed by atoms with E-state index in [1.807, 2.05) is 32.2 Å². The van der Waals surface area contributed by atoms with Gasteiger partial charge in [0.25, 0.3) is 11.7 Å². The molecule has 1 fully saturated rings. The van der Waals surface area contributed by atoms with Crippen molar-refractivity contribution in [3.8, 4) is 0 Å². The summed E-state index contributed by atoms with van der Waals surface area (Å²) >= 11 is 0. The molecule has 9 nitrogen and oxygen atoms in total. The van der Waals surface area contributed by atoms with Gasteiger partial charge in [0.15, 0.2) is 12.0 Å². The number of rotatable bonds is 6. The summed E-state index contributed by atoms with van der Waals surface area (Å²) in [5.74, 6) is 9.06. The molecule has 5 rings (SSSR count). The first kappa shape index (κ1) is 19.1. The molecule has 2 atom stereocenters. The molecule has 0 spiro atoms. The van der Waals surface area contributed by atoms with Crippen molar-refractivity contribution in [2.45, 2.75) is 52.1 Å². The van der Waals surface area contributed by atoms with Gasteiger partial charge in [-0.05, 0) is 68.0 Å². The summed E-state index contributed by atoms with van der Waals surface area (Å²) in [6.45, 7) is 5.98. The van der Waals surface area contributed by atoms with Gasteiger partial charge >= 0.3 is 0 Å². The van der Waals surface area contributed by atoms with Crippen molar-refractivity contribution in [2.75, 3.05) is 6.54 Å². The summed E-state index contributed by atoms with van der Waals surface area (Å²) in [5.41, 5.74) is 3.13. The van der Waals surface area contributed by atoms with E-state index >= 15 is 0 Å². The van der Waals surface area contributed by atoms with Crippen molar-refractivity contribution in [1.82, 2.24) is 10.1 Å². The average Bonchev–Trinajstić information content (AvgIpc) is 3.50. The SMILES string of the molecule is Cc1noc(C)c1CN1CCCC1CCC1=C[N@@+]2(N)N=C(c3ccco3)N=C2C=N1. The fourth-order valence-electron chi connectivity index (χ4n) is 4.35. The maximum atomic E-state index is 6.47. The molecule has 2 N–H and O–H groups in total. The van der Waals surface area contributed by atoms with Gasteiger partial charge in [0.2, 0.25) is 0 Å². The fourth-order valence-corrected chi connectivity index (χ4v) is 4.35. The fraction of sp³-hybridized carbons (Fsp3) is 0.429. The molecule has 0 aromatic carbocycles. The number of aliphatic imine (C=N–C) groups is 2. The highest BCUT2D eigenvalue weighted by Crippen LogP contribution is 2.29. The Morgan fingerprint density at radius 2 is 2.23 bits per heavy atom. The maximum absolute atomic E-state index is 6.47. The van der Waals surface area contributed by atoms with Crippen LogP contribution in [0.25, 0.3) is 0 Å². The van der Waals surface area contributed by atoms with Crippen LogP contribution in [-0.4, -0.2) is 45.2 Å². The molecule has 0 saturated carbocycles. The molecule has 0 amide bonds. The van der Waals surface area contributed by atoms with Crippen LogP contribution < -0.4 is 5.84 Å². The van der Waals surface area contributed by atoms with Gasteiger partial charge in [-0.1, -0.05) is 5.16 Å². The molecule has 0 bridgehead atoms. The molecular formula is C21H26N7O2+. The Labute approximate surface area is 174 Å². The number of hydrogen-bond donors (Lipinski definition) is 1. The van der Waals surface area contributed by atoms with E-state index in [0.29, 0.717) is 23.5 Å². The number of furan rings is 1. The zero-order valence-electron chi connectivity index (χ0n) is 17.3. The van der Waals surface area contributed by atoms with Crippen LogP contribution in [-0.2, 0) is 6.54 Å². The summed E-state index contributed by atoms with van der Waals surface area (Å²) in [6, 6.07) is 4.14. The molecule has 2 aromatic rings. The van der Waals surface area contributed by atoms with Crippen LogP contribution in [0.1, 0.15) is 48.5 Å². The number of likely N-dealkylation sites (tertiary alicyclic amines) is 1. The van der Waals surface area contributed by atoms with Crippen LogP contribution in [0.5, 0.6) is 0 Å². The van der Waals surface area contributed by atoms with Crippen molar-refractivity contribution < 1.29 is 13.6 Å². The van der Waals surface area contributed by atoms with E-state index in [1.165, 1.54) is 18.4 Å². The van der Waals surface area contributed by atoms with E-state index in [-0.39, 0.29) is 4.70 Å². The van der Waals surface area contributed by atoms with Crippen LogP contribution in [0.2, 0.25) is 0 Å². The number of aryl methyl sites for hydroxylation is 2. The van der Waals surface area contributed by atoms with Crippen molar-refractivity contribution in [1.29, 1.82) is 0 Å². The van der Waals surface area contributed by atoms with E-state index in [4.69, 9.17) is 14.8 Å². The van der Waals surface area contributed by atoms with Crippen molar-refractivity contribution in [3.05, 3.63) is 53.1 Å². The first-order valence-electron chi connectivity index (χ1n) is 10.3. The van der Waals surface area contributed by atoms with Gasteiger partial charge in [0, 0.05) is 18.2 Å². The van der Waals surface area contributed by atoms with Crippen molar-refractivity contribution >= 4 is 17.9 Å². The minimum absolute atomic E-state index is 0.206. The number of allylic oxidation sites excluding steroid dienone is 1. The van der Waals surface area contributed by atoms with Gasteiger partial charge in [-0.15, -0.1) is 5.84 Å². The third-order valence-corrected chi connectivity index (χ3v) is 6.06. The van der Waals surface area contributed by atoms with Crippen LogP contribution in [0, 0.1) is 13.8 Å². The number of quaternary nitrogens is 1.